The van der Waals surface area contributed by atoms with Crippen LogP contribution in [0, 0.1) is 0 Å². The number of rotatable bonds is 14. The minimum absolute atomic E-state index is 0.0343. The molecule has 1 aliphatic heterocycles. The number of hydrogen-bond donors (Lipinski definition) is 1. The normalized spacial score (nSPS) is 14.9. The molecule has 1 unspecified atom stereocenters. The first-order valence-corrected chi connectivity index (χ1v) is 15.6. The molecule has 5 amide bonds. The van der Waals surface area contributed by atoms with E-state index in [9.17, 15) is 14.4 Å². The van der Waals surface area contributed by atoms with Crippen LogP contribution in [-0.4, -0.2) is 104 Å². The molecule has 9 heteroatoms. The monoisotopic (exact) mass is 578 g/mol. The maximum Gasteiger partial charge on any atom is 0.329 e. The van der Waals surface area contributed by atoms with Crippen molar-refractivity contribution in [2.75, 3.05) is 64.8 Å². The van der Waals surface area contributed by atoms with Crippen molar-refractivity contribution in [3.05, 3.63) is 60.7 Å². The second-order valence-electron chi connectivity index (χ2n) is 11.0. The van der Waals surface area contributed by atoms with Crippen LogP contribution in [0.2, 0.25) is 0 Å². The second kappa shape index (κ2) is 17.4. The van der Waals surface area contributed by atoms with Gasteiger partial charge in [0.25, 0.3) is 0 Å². The topological polar surface area (TPSA) is 79.4 Å². The van der Waals surface area contributed by atoms with Crippen LogP contribution in [0.5, 0.6) is 0 Å². The maximum absolute atomic E-state index is 14.4. The largest absolute Gasteiger partial charge is 0.343 e. The standard InChI is InChI=1S/C33H50N6O3/c1-5-7-15-22-36(23-16-8-6-2)32(41)37-25-26-38(30(27-37)31(40)35(4)24-21-34-3)33(42)39(28-17-11-9-12-18-28)29-19-13-10-14-20-29/h9-14,17-20,30,34H,5-8,15-16,21-27H2,1-4H3. The fourth-order valence-corrected chi connectivity index (χ4v) is 5.30. The lowest BCUT2D eigenvalue weighted by atomic mass is 10.1. The number of nitrogens with zero attached hydrogens (tertiary/aromatic N) is 5. The van der Waals surface area contributed by atoms with E-state index in [1.54, 1.807) is 26.6 Å². The SMILES string of the molecule is CCCCCN(CCCCC)C(=O)N1CCN(C(=O)N(c2ccccc2)c2ccccc2)C(C(=O)N(C)CCNC)C1. The fraction of sp³-hybridized carbons (Fsp3) is 0.545. The summed E-state index contributed by atoms with van der Waals surface area (Å²) >= 11 is 0. The Labute approximate surface area is 252 Å². The summed E-state index contributed by atoms with van der Waals surface area (Å²) in [5, 5.41) is 3.09. The van der Waals surface area contributed by atoms with E-state index in [4.69, 9.17) is 0 Å². The van der Waals surface area contributed by atoms with Gasteiger partial charge in [0.05, 0.1) is 17.9 Å². The molecule has 1 fully saturated rings. The molecule has 2 aromatic carbocycles. The van der Waals surface area contributed by atoms with Crippen molar-refractivity contribution >= 4 is 29.3 Å². The van der Waals surface area contributed by atoms with E-state index in [0.29, 0.717) is 32.7 Å². The van der Waals surface area contributed by atoms with Crippen LogP contribution in [0.15, 0.2) is 60.7 Å². The van der Waals surface area contributed by atoms with Crippen LogP contribution in [0.25, 0.3) is 0 Å². The lowest BCUT2D eigenvalue weighted by Gasteiger charge is -2.44. The van der Waals surface area contributed by atoms with E-state index in [2.05, 4.69) is 19.2 Å². The molecule has 0 radical (unpaired) electrons. The van der Waals surface area contributed by atoms with Gasteiger partial charge in [0, 0.05) is 46.3 Å². The van der Waals surface area contributed by atoms with Gasteiger partial charge in [0.2, 0.25) is 5.91 Å². The highest BCUT2D eigenvalue weighted by atomic mass is 16.2. The molecule has 0 aliphatic carbocycles. The van der Waals surface area contributed by atoms with Crippen molar-refractivity contribution in [1.29, 1.82) is 0 Å². The molecule has 0 bridgehead atoms. The highest BCUT2D eigenvalue weighted by molar-refractivity contribution is 6.01. The van der Waals surface area contributed by atoms with E-state index in [1.807, 2.05) is 72.6 Å². The zero-order chi connectivity index (χ0) is 30.3. The van der Waals surface area contributed by atoms with Gasteiger partial charge in [-0.05, 0) is 44.2 Å². The number of likely N-dealkylation sites (N-methyl/N-ethyl adjacent to an activating group) is 2. The van der Waals surface area contributed by atoms with Gasteiger partial charge in [-0.3, -0.25) is 9.69 Å². The molecule has 1 aliphatic rings. The Morgan fingerprint density at radius 1 is 0.786 bits per heavy atom. The number of unbranched alkanes of at least 4 members (excludes halogenated alkanes) is 4. The molecule has 42 heavy (non-hydrogen) atoms. The number of anilines is 2. The number of carbonyl (C=O) groups excluding carboxylic acids is 3. The summed E-state index contributed by atoms with van der Waals surface area (Å²) in [5.41, 5.74) is 1.44. The third kappa shape index (κ3) is 8.95. The third-order valence-electron chi connectivity index (χ3n) is 7.81. The molecule has 1 heterocycles. The number of para-hydroxylation sites is 2. The first kappa shape index (κ1) is 32.9. The molecular weight excluding hydrogens is 528 g/mol. The second-order valence-corrected chi connectivity index (χ2v) is 11.0. The Hall–Kier alpha value is -3.59. The van der Waals surface area contributed by atoms with Crippen LogP contribution in [0.4, 0.5) is 21.0 Å². The minimum Gasteiger partial charge on any atom is -0.343 e. The fourth-order valence-electron chi connectivity index (χ4n) is 5.30. The summed E-state index contributed by atoms with van der Waals surface area (Å²) in [6.07, 6.45) is 6.26. The van der Waals surface area contributed by atoms with Crippen LogP contribution in [0.1, 0.15) is 52.4 Å². The Kier molecular flexibility index (Phi) is 13.6. The predicted molar refractivity (Wildman–Crippen MR) is 170 cm³/mol. The highest BCUT2D eigenvalue weighted by Crippen LogP contribution is 2.28. The maximum atomic E-state index is 14.4. The van der Waals surface area contributed by atoms with Crippen LogP contribution < -0.4 is 10.2 Å². The van der Waals surface area contributed by atoms with E-state index in [-0.39, 0.29) is 31.1 Å². The number of hydrogen-bond acceptors (Lipinski definition) is 4. The van der Waals surface area contributed by atoms with E-state index < -0.39 is 6.04 Å². The summed E-state index contributed by atoms with van der Waals surface area (Å²) in [4.78, 5) is 50.8. The van der Waals surface area contributed by atoms with Gasteiger partial charge in [-0.1, -0.05) is 75.9 Å². The molecular formula is C33H50N6O3. The van der Waals surface area contributed by atoms with Crippen molar-refractivity contribution in [2.24, 2.45) is 0 Å². The summed E-state index contributed by atoms with van der Waals surface area (Å²) < 4.78 is 0. The van der Waals surface area contributed by atoms with Crippen molar-refractivity contribution in [3.8, 4) is 0 Å². The lowest BCUT2D eigenvalue weighted by molar-refractivity contribution is -0.136. The van der Waals surface area contributed by atoms with Crippen LogP contribution in [0.3, 0.4) is 0 Å². The van der Waals surface area contributed by atoms with Crippen molar-refractivity contribution in [2.45, 2.75) is 58.4 Å². The molecule has 2 aromatic rings. The number of piperazine rings is 1. The van der Waals surface area contributed by atoms with Gasteiger partial charge in [-0.25, -0.2) is 9.59 Å². The third-order valence-corrected chi connectivity index (χ3v) is 7.81. The summed E-state index contributed by atoms with van der Waals surface area (Å²) in [6, 6.07) is 17.9. The van der Waals surface area contributed by atoms with Gasteiger partial charge in [-0.2, -0.15) is 0 Å². The van der Waals surface area contributed by atoms with E-state index >= 15 is 0 Å². The predicted octanol–water partition coefficient (Wildman–Crippen LogP) is 5.41. The van der Waals surface area contributed by atoms with Gasteiger partial charge in [-0.15, -0.1) is 0 Å². The first-order valence-electron chi connectivity index (χ1n) is 15.6. The van der Waals surface area contributed by atoms with E-state index in [0.717, 1.165) is 49.9 Å². The Balaban J connectivity index is 1.91. The lowest BCUT2D eigenvalue weighted by Crippen LogP contribution is -2.64. The summed E-state index contributed by atoms with van der Waals surface area (Å²) in [7, 11) is 3.61. The Morgan fingerprint density at radius 3 is 1.83 bits per heavy atom. The zero-order valence-electron chi connectivity index (χ0n) is 26.0. The highest BCUT2D eigenvalue weighted by Gasteiger charge is 2.41. The number of amides is 5. The van der Waals surface area contributed by atoms with Gasteiger partial charge >= 0.3 is 12.1 Å². The van der Waals surface area contributed by atoms with E-state index in [1.165, 1.54) is 0 Å². The molecule has 9 nitrogen and oxygen atoms in total. The Bertz CT molecular complexity index is 1050. The van der Waals surface area contributed by atoms with Crippen molar-refractivity contribution in [3.63, 3.8) is 0 Å². The molecule has 1 saturated heterocycles. The number of urea groups is 2. The molecule has 0 saturated carbocycles. The molecule has 0 spiro atoms. The number of nitrogens with one attached hydrogen (secondary N) is 1. The average molecular weight is 579 g/mol. The van der Waals surface area contributed by atoms with Crippen LogP contribution in [-0.2, 0) is 4.79 Å². The quantitative estimate of drug-likeness (QED) is 0.304. The number of benzene rings is 2. The average Bonchev–Trinajstić information content (AvgIpc) is 3.03. The van der Waals surface area contributed by atoms with Crippen molar-refractivity contribution in [1.82, 2.24) is 24.9 Å². The summed E-state index contributed by atoms with van der Waals surface area (Å²) in [6.45, 7) is 7.71. The van der Waals surface area contributed by atoms with Crippen molar-refractivity contribution < 1.29 is 14.4 Å². The smallest absolute Gasteiger partial charge is 0.329 e. The molecule has 230 valence electrons. The minimum atomic E-state index is -0.792. The molecule has 3 rings (SSSR count). The van der Waals surface area contributed by atoms with Crippen LogP contribution >= 0.6 is 0 Å². The summed E-state index contributed by atoms with van der Waals surface area (Å²) in [5.74, 6) is -0.166. The molecule has 0 aromatic heterocycles. The molecule has 1 N–H and O–H groups in total. The zero-order valence-corrected chi connectivity index (χ0v) is 26.0. The van der Waals surface area contributed by atoms with Gasteiger partial charge < -0.3 is 24.9 Å². The number of carbonyl (C=O) groups is 3. The van der Waals surface area contributed by atoms with Gasteiger partial charge in [0.1, 0.15) is 6.04 Å². The molecule has 1 atom stereocenters. The van der Waals surface area contributed by atoms with Gasteiger partial charge in [0.15, 0.2) is 0 Å². The Morgan fingerprint density at radius 2 is 1.33 bits per heavy atom. The first-order chi connectivity index (χ1) is 20.4.